The number of nitrogens with one attached hydrogen (secondary N) is 1. The van der Waals surface area contributed by atoms with Gasteiger partial charge in [-0.1, -0.05) is 0 Å². The predicted molar refractivity (Wildman–Crippen MR) is 86.0 cm³/mol. The third-order valence-electron chi connectivity index (χ3n) is 3.63. The van der Waals surface area contributed by atoms with Crippen LogP contribution in [0, 0.1) is 0 Å². The van der Waals surface area contributed by atoms with E-state index in [1.807, 2.05) is 4.90 Å². The van der Waals surface area contributed by atoms with Crippen molar-refractivity contribution in [1.29, 1.82) is 0 Å². The summed E-state index contributed by atoms with van der Waals surface area (Å²) < 4.78 is 0. The van der Waals surface area contributed by atoms with Crippen molar-refractivity contribution in [3.63, 3.8) is 0 Å². The molecule has 1 saturated heterocycles. The summed E-state index contributed by atoms with van der Waals surface area (Å²) in [6.45, 7) is 1.51. The average molecular weight is 332 g/mol. The molecule has 7 nitrogen and oxygen atoms in total. The van der Waals surface area contributed by atoms with Gasteiger partial charge < -0.3 is 15.3 Å². The van der Waals surface area contributed by atoms with E-state index in [1.54, 1.807) is 24.5 Å². The maximum atomic E-state index is 12.2. The molecule has 2 aromatic heterocycles. The number of carboxylic acid groups (broad SMARTS) is 1. The van der Waals surface area contributed by atoms with Gasteiger partial charge in [-0.2, -0.15) is 0 Å². The number of carboxylic acids is 1. The molecule has 1 aliphatic heterocycles. The second-order valence-corrected chi connectivity index (χ2v) is 6.36. The number of carbonyl (C=O) groups is 2. The summed E-state index contributed by atoms with van der Waals surface area (Å²) in [6.07, 6.45) is 5.22. The minimum atomic E-state index is -1.01. The molecule has 2 N–H and O–H groups in total. The lowest BCUT2D eigenvalue weighted by Crippen LogP contribution is -2.48. The summed E-state index contributed by atoms with van der Waals surface area (Å²) in [5.41, 5.74) is 0. The number of thiophene rings is 1. The van der Waals surface area contributed by atoms with E-state index in [2.05, 4.69) is 15.3 Å². The van der Waals surface area contributed by atoms with Crippen LogP contribution in [0.3, 0.4) is 0 Å². The molecule has 23 heavy (non-hydrogen) atoms. The minimum Gasteiger partial charge on any atom is -0.477 e. The number of aromatic nitrogens is 2. The summed E-state index contributed by atoms with van der Waals surface area (Å²) in [6, 6.07) is 4.76. The molecule has 2 aromatic rings. The molecule has 0 aliphatic carbocycles. The van der Waals surface area contributed by atoms with Crippen LogP contribution in [-0.2, 0) is 0 Å². The number of carbonyl (C=O) groups excluding carboxylic acids is 1. The Morgan fingerprint density at radius 1 is 1.26 bits per heavy atom. The van der Waals surface area contributed by atoms with Crippen LogP contribution in [0.2, 0.25) is 0 Å². The Morgan fingerprint density at radius 3 is 2.70 bits per heavy atom. The van der Waals surface area contributed by atoms with E-state index in [0.29, 0.717) is 17.4 Å². The SMILES string of the molecule is O=C(O)c1ccc(C(=O)N[C@@H]2CCCN(c3ncccn3)C2)s1. The third kappa shape index (κ3) is 3.65. The fourth-order valence-electron chi connectivity index (χ4n) is 2.56. The molecule has 0 saturated carbocycles. The smallest absolute Gasteiger partial charge is 0.345 e. The molecule has 0 spiro atoms. The Labute approximate surface area is 137 Å². The van der Waals surface area contributed by atoms with Gasteiger partial charge in [0.1, 0.15) is 4.88 Å². The Hall–Kier alpha value is -2.48. The molecule has 1 atom stereocenters. The minimum absolute atomic E-state index is 0.00423. The van der Waals surface area contributed by atoms with Crippen LogP contribution < -0.4 is 10.2 Å². The molecule has 1 amide bonds. The third-order valence-corrected chi connectivity index (χ3v) is 4.70. The molecule has 1 aliphatic rings. The Kier molecular flexibility index (Phi) is 4.52. The van der Waals surface area contributed by atoms with Crippen molar-refractivity contribution in [3.8, 4) is 0 Å². The van der Waals surface area contributed by atoms with Gasteiger partial charge in [0, 0.05) is 31.5 Å². The molecule has 120 valence electrons. The Morgan fingerprint density at radius 2 is 2.00 bits per heavy atom. The van der Waals surface area contributed by atoms with Crippen LogP contribution in [0.1, 0.15) is 32.2 Å². The molecule has 0 aromatic carbocycles. The van der Waals surface area contributed by atoms with Gasteiger partial charge in [0.25, 0.3) is 5.91 Å². The first kappa shape index (κ1) is 15.4. The van der Waals surface area contributed by atoms with Gasteiger partial charge in [-0.05, 0) is 31.0 Å². The Bertz CT molecular complexity index is 704. The first-order valence-electron chi connectivity index (χ1n) is 7.29. The normalized spacial score (nSPS) is 17.7. The summed E-state index contributed by atoms with van der Waals surface area (Å²) in [5, 5.41) is 11.9. The monoisotopic (exact) mass is 332 g/mol. The van der Waals surface area contributed by atoms with Gasteiger partial charge >= 0.3 is 5.97 Å². The number of hydrogen-bond donors (Lipinski definition) is 2. The molecule has 3 heterocycles. The molecule has 1 fully saturated rings. The fourth-order valence-corrected chi connectivity index (χ4v) is 3.31. The van der Waals surface area contributed by atoms with Gasteiger partial charge in [0.15, 0.2) is 0 Å². The summed E-state index contributed by atoms with van der Waals surface area (Å²) >= 11 is 0.985. The first-order chi connectivity index (χ1) is 11.1. The van der Waals surface area contributed by atoms with E-state index in [4.69, 9.17) is 5.11 Å². The van der Waals surface area contributed by atoms with Crippen LogP contribution in [0.5, 0.6) is 0 Å². The molecular weight excluding hydrogens is 316 g/mol. The lowest BCUT2D eigenvalue weighted by atomic mass is 10.1. The molecule has 3 rings (SSSR count). The van der Waals surface area contributed by atoms with E-state index >= 15 is 0 Å². The number of nitrogens with zero attached hydrogens (tertiary/aromatic N) is 3. The van der Waals surface area contributed by atoms with E-state index in [1.165, 1.54) is 6.07 Å². The van der Waals surface area contributed by atoms with Gasteiger partial charge in [-0.25, -0.2) is 14.8 Å². The van der Waals surface area contributed by atoms with Crippen LogP contribution in [0.4, 0.5) is 5.95 Å². The first-order valence-corrected chi connectivity index (χ1v) is 8.11. The highest BCUT2D eigenvalue weighted by Gasteiger charge is 2.24. The maximum absolute atomic E-state index is 12.2. The highest BCUT2D eigenvalue weighted by Crippen LogP contribution is 2.19. The van der Waals surface area contributed by atoms with E-state index in [0.717, 1.165) is 30.7 Å². The second kappa shape index (κ2) is 6.74. The van der Waals surface area contributed by atoms with Crippen molar-refractivity contribution in [1.82, 2.24) is 15.3 Å². The largest absolute Gasteiger partial charge is 0.477 e. The van der Waals surface area contributed by atoms with Crippen molar-refractivity contribution in [2.45, 2.75) is 18.9 Å². The van der Waals surface area contributed by atoms with Crippen LogP contribution in [-0.4, -0.2) is 46.1 Å². The van der Waals surface area contributed by atoms with Gasteiger partial charge in [0.2, 0.25) is 5.95 Å². The average Bonchev–Trinajstić information content (AvgIpc) is 3.06. The lowest BCUT2D eigenvalue weighted by molar-refractivity contribution is 0.0702. The molecule has 0 unspecified atom stereocenters. The number of amides is 1. The number of anilines is 1. The zero-order valence-corrected chi connectivity index (χ0v) is 13.1. The van der Waals surface area contributed by atoms with E-state index < -0.39 is 5.97 Å². The van der Waals surface area contributed by atoms with Crippen molar-refractivity contribution in [3.05, 3.63) is 40.3 Å². The highest BCUT2D eigenvalue weighted by atomic mass is 32.1. The standard InChI is InChI=1S/C15H16N4O3S/c20-13(11-4-5-12(23-11)14(21)22)18-10-3-1-8-19(9-10)15-16-6-2-7-17-15/h2,4-7,10H,1,3,8-9H2,(H,18,20)(H,21,22)/t10-/m1/s1. The number of rotatable bonds is 4. The van der Waals surface area contributed by atoms with E-state index in [9.17, 15) is 9.59 Å². The zero-order valence-electron chi connectivity index (χ0n) is 12.3. The van der Waals surface area contributed by atoms with Crippen molar-refractivity contribution >= 4 is 29.2 Å². The number of piperidine rings is 1. The molecule has 0 radical (unpaired) electrons. The summed E-state index contributed by atoms with van der Waals surface area (Å²) in [4.78, 5) is 34.2. The van der Waals surface area contributed by atoms with Crippen molar-refractivity contribution in [2.75, 3.05) is 18.0 Å². The zero-order chi connectivity index (χ0) is 16.2. The van der Waals surface area contributed by atoms with E-state index in [-0.39, 0.29) is 16.8 Å². The summed E-state index contributed by atoms with van der Waals surface area (Å²) in [5.74, 6) is -0.585. The van der Waals surface area contributed by atoms with Crippen LogP contribution in [0.25, 0.3) is 0 Å². The number of hydrogen-bond acceptors (Lipinski definition) is 6. The molecule has 0 bridgehead atoms. The van der Waals surface area contributed by atoms with Gasteiger partial charge in [-0.15, -0.1) is 11.3 Å². The van der Waals surface area contributed by atoms with Gasteiger partial charge in [0.05, 0.1) is 4.88 Å². The molecule has 8 heteroatoms. The predicted octanol–water partition coefficient (Wildman–Crippen LogP) is 1.64. The fraction of sp³-hybridized carbons (Fsp3) is 0.333. The molecular formula is C15H16N4O3S. The lowest BCUT2D eigenvalue weighted by Gasteiger charge is -2.32. The Balaban J connectivity index is 1.63. The van der Waals surface area contributed by atoms with Crippen molar-refractivity contribution < 1.29 is 14.7 Å². The quantitative estimate of drug-likeness (QED) is 0.883. The van der Waals surface area contributed by atoms with Gasteiger partial charge in [-0.3, -0.25) is 4.79 Å². The maximum Gasteiger partial charge on any atom is 0.345 e. The van der Waals surface area contributed by atoms with Crippen LogP contribution >= 0.6 is 11.3 Å². The topological polar surface area (TPSA) is 95.4 Å². The highest BCUT2D eigenvalue weighted by molar-refractivity contribution is 7.15. The summed E-state index contributed by atoms with van der Waals surface area (Å²) in [7, 11) is 0. The second-order valence-electron chi connectivity index (χ2n) is 5.28. The number of aromatic carboxylic acids is 1. The van der Waals surface area contributed by atoms with Crippen molar-refractivity contribution in [2.24, 2.45) is 0 Å². The van der Waals surface area contributed by atoms with Crippen LogP contribution in [0.15, 0.2) is 30.6 Å².